The zero-order chi connectivity index (χ0) is 17.8. The van der Waals surface area contributed by atoms with Crippen LogP contribution in [0.3, 0.4) is 0 Å². The molecule has 1 heterocycles. The molecule has 0 fully saturated rings. The van der Waals surface area contributed by atoms with Crippen molar-refractivity contribution in [3.8, 4) is 0 Å². The summed E-state index contributed by atoms with van der Waals surface area (Å²) in [5, 5.41) is 12.5. The summed E-state index contributed by atoms with van der Waals surface area (Å²) in [6, 6.07) is 13.4. The Morgan fingerprint density at radius 3 is 2.52 bits per heavy atom. The maximum Gasteiger partial charge on any atom is 0.251 e. The Morgan fingerprint density at radius 1 is 1.08 bits per heavy atom. The van der Waals surface area contributed by atoms with Gasteiger partial charge in [0.2, 0.25) is 0 Å². The molecule has 5 nitrogen and oxygen atoms in total. The second-order valence-corrected chi connectivity index (χ2v) is 6.38. The summed E-state index contributed by atoms with van der Waals surface area (Å²) in [6.07, 6.45) is 1.56. The lowest BCUT2D eigenvalue weighted by atomic mass is 10.2. The fourth-order valence-electron chi connectivity index (χ4n) is 2.48. The van der Waals surface area contributed by atoms with Crippen molar-refractivity contribution in [2.24, 2.45) is 0 Å². The van der Waals surface area contributed by atoms with Crippen molar-refractivity contribution in [1.29, 1.82) is 0 Å². The zero-order valence-corrected chi connectivity index (χ0v) is 15.4. The summed E-state index contributed by atoms with van der Waals surface area (Å²) >= 11 is 12.1. The van der Waals surface area contributed by atoms with E-state index in [0.717, 1.165) is 17.9 Å². The van der Waals surface area contributed by atoms with Crippen LogP contribution in [0, 0.1) is 6.92 Å². The second-order valence-electron chi connectivity index (χ2n) is 5.51. The van der Waals surface area contributed by atoms with Gasteiger partial charge in [-0.15, -0.1) is 5.10 Å². The van der Waals surface area contributed by atoms with Crippen LogP contribution in [-0.4, -0.2) is 21.7 Å². The number of nitrogens with zero attached hydrogens (tertiary/aromatic N) is 4. The van der Waals surface area contributed by atoms with Gasteiger partial charge in [0.25, 0.3) is 5.95 Å². The highest BCUT2D eigenvalue weighted by Gasteiger charge is 2.12. The van der Waals surface area contributed by atoms with Crippen LogP contribution < -0.4 is 10.2 Å². The van der Waals surface area contributed by atoms with E-state index in [2.05, 4.69) is 39.6 Å². The minimum atomic E-state index is 0.520. The Morgan fingerprint density at radius 2 is 1.84 bits per heavy atom. The first-order valence-electron chi connectivity index (χ1n) is 7.82. The molecule has 0 amide bonds. The molecule has 2 aromatic carbocycles. The van der Waals surface area contributed by atoms with Crippen molar-refractivity contribution >= 4 is 46.3 Å². The van der Waals surface area contributed by atoms with E-state index in [4.69, 9.17) is 23.2 Å². The second kappa shape index (κ2) is 7.68. The van der Waals surface area contributed by atoms with Crippen molar-refractivity contribution in [3.63, 3.8) is 0 Å². The molecule has 0 atom stereocenters. The molecule has 3 aromatic rings. The van der Waals surface area contributed by atoms with E-state index in [0.29, 0.717) is 21.8 Å². The van der Waals surface area contributed by atoms with Crippen LogP contribution in [0.4, 0.5) is 23.1 Å². The van der Waals surface area contributed by atoms with Gasteiger partial charge in [-0.25, -0.2) is 0 Å². The van der Waals surface area contributed by atoms with Crippen LogP contribution in [0.25, 0.3) is 0 Å². The number of aromatic nitrogens is 3. The first-order chi connectivity index (χ1) is 12.0. The van der Waals surface area contributed by atoms with Gasteiger partial charge in [0.1, 0.15) is 0 Å². The van der Waals surface area contributed by atoms with Crippen molar-refractivity contribution in [1.82, 2.24) is 15.2 Å². The highest BCUT2D eigenvalue weighted by atomic mass is 35.5. The maximum absolute atomic E-state index is 6.03. The van der Waals surface area contributed by atoms with Crippen LogP contribution in [0.1, 0.15) is 12.5 Å². The molecule has 0 saturated carbocycles. The Balaban J connectivity index is 1.89. The van der Waals surface area contributed by atoms with Crippen molar-refractivity contribution in [2.45, 2.75) is 13.8 Å². The number of nitrogens with one attached hydrogen (secondary N) is 1. The largest absolute Gasteiger partial charge is 0.339 e. The summed E-state index contributed by atoms with van der Waals surface area (Å²) in [6.45, 7) is 4.82. The van der Waals surface area contributed by atoms with Gasteiger partial charge in [0.15, 0.2) is 5.82 Å². The third-order valence-electron chi connectivity index (χ3n) is 3.55. The molecule has 3 rings (SSSR count). The third kappa shape index (κ3) is 4.38. The summed E-state index contributed by atoms with van der Waals surface area (Å²) in [7, 11) is 0. The van der Waals surface area contributed by atoms with Crippen LogP contribution in [0.5, 0.6) is 0 Å². The van der Waals surface area contributed by atoms with E-state index in [1.807, 2.05) is 24.0 Å². The lowest BCUT2D eigenvalue weighted by Gasteiger charge is -2.21. The van der Waals surface area contributed by atoms with Gasteiger partial charge >= 0.3 is 0 Å². The molecule has 1 N–H and O–H groups in total. The van der Waals surface area contributed by atoms with Crippen molar-refractivity contribution in [3.05, 3.63) is 64.3 Å². The van der Waals surface area contributed by atoms with E-state index in [9.17, 15) is 0 Å². The molecule has 0 aliphatic rings. The monoisotopic (exact) mass is 373 g/mol. The van der Waals surface area contributed by atoms with Gasteiger partial charge in [-0.3, -0.25) is 0 Å². The van der Waals surface area contributed by atoms with Gasteiger partial charge in [-0.05, 0) is 49.7 Å². The van der Waals surface area contributed by atoms with E-state index in [-0.39, 0.29) is 0 Å². The number of rotatable bonds is 5. The van der Waals surface area contributed by atoms with Gasteiger partial charge in [-0.1, -0.05) is 35.3 Å². The molecule has 0 unspecified atom stereocenters. The maximum atomic E-state index is 6.03. The lowest BCUT2D eigenvalue weighted by Crippen LogP contribution is -2.19. The van der Waals surface area contributed by atoms with Crippen molar-refractivity contribution < 1.29 is 0 Å². The Hall–Kier alpha value is -2.37. The average molecular weight is 374 g/mol. The summed E-state index contributed by atoms with van der Waals surface area (Å²) < 4.78 is 0. The van der Waals surface area contributed by atoms with Crippen molar-refractivity contribution in [2.75, 3.05) is 16.8 Å². The van der Waals surface area contributed by atoms with E-state index in [1.165, 1.54) is 5.56 Å². The summed E-state index contributed by atoms with van der Waals surface area (Å²) in [5.74, 6) is 1.08. The third-order valence-corrected chi connectivity index (χ3v) is 3.99. The highest BCUT2D eigenvalue weighted by Crippen LogP contribution is 2.26. The number of anilines is 4. The highest BCUT2D eigenvalue weighted by molar-refractivity contribution is 6.35. The van der Waals surface area contributed by atoms with Crippen LogP contribution in [0.2, 0.25) is 10.0 Å². The van der Waals surface area contributed by atoms with Crippen LogP contribution >= 0.6 is 23.2 Å². The average Bonchev–Trinajstić information content (AvgIpc) is 2.55. The van der Waals surface area contributed by atoms with E-state index >= 15 is 0 Å². The zero-order valence-electron chi connectivity index (χ0n) is 13.9. The predicted molar refractivity (Wildman–Crippen MR) is 103 cm³/mol. The summed E-state index contributed by atoms with van der Waals surface area (Å²) in [5.41, 5.74) is 2.93. The molecule has 25 heavy (non-hydrogen) atoms. The molecule has 0 aliphatic heterocycles. The molecule has 0 radical (unpaired) electrons. The molecule has 0 spiro atoms. The van der Waals surface area contributed by atoms with Gasteiger partial charge in [-0.2, -0.15) is 10.1 Å². The summed E-state index contributed by atoms with van der Waals surface area (Å²) in [4.78, 5) is 6.56. The fraction of sp³-hybridized carbons (Fsp3) is 0.167. The van der Waals surface area contributed by atoms with E-state index in [1.54, 1.807) is 24.4 Å². The minimum Gasteiger partial charge on any atom is -0.339 e. The van der Waals surface area contributed by atoms with E-state index < -0.39 is 0 Å². The standard InChI is InChI=1S/C18H17Cl2N5/c1-3-25(16-6-4-5-12(2)7-16)18-23-17(11-21-24-18)22-15-9-13(19)8-14(20)10-15/h4-11H,3H2,1-2H3,(H,22,23,24). The Labute approximate surface area is 156 Å². The molecule has 0 aliphatic carbocycles. The van der Waals surface area contributed by atoms with Crippen LogP contribution in [0.15, 0.2) is 48.7 Å². The predicted octanol–water partition coefficient (Wildman–Crippen LogP) is 5.39. The molecular formula is C18H17Cl2N5. The normalized spacial score (nSPS) is 10.6. The van der Waals surface area contributed by atoms with Gasteiger partial charge in [0, 0.05) is 28.0 Å². The minimum absolute atomic E-state index is 0.520. The topological polar surface area (TPSA) is 53.9 Å². The first-order valence-corrected chi connectivity index (χ1v) is 8.58. The number of hydrogen-bond donors (Lipinski definition) is 1. The Kier molecular flexibility index (Phi) is 5.36. The smallest absolute Gasteiger partial charge is 0.251 e. The fourth-order valence-corrected chi connectivity index (χ4v) is 3.00. The first kappa shape index (κ1) is 17.5. The molecule has 0 saturated heterocycles. The molecule has 7 heteroatoms. The molecule has 1 aromatic heterocycles. The number of benzene rings is 2. The molecule has 128 valence electrons. The van der Waals surface area contributed by atoms with Gasteiger partial charge in [0.05, 0.1) is 6.20 Å². The van der Waals surface area contributed by atoms with Crippen LogP contribution in [-0.2, 0) is 0 Å². The van der Waals surface area contributed by atoms with Gasteiger partial charge < -0.3 is 10.2 Å². The number of aryl methyl sites for hydroxylation is 1. The SMILES string of the molecule is CCN(c1cccc(C)c1)c1nncc(Nc2cc(Cl)cc(Cl)c2)n1. The quantitative estimate of drug-likeness (QED) is 0.649. The molecule has 0 bridgehead atoms. The lowest BCUT2D eigenvalue weighted by molar-refractivity contribution is 0.886. The number of halogens is 2. The Bertz CT molecular complexity index is 865. The molecular weight excluding hydrogens is 357 g/mol. The number of hydrogen-bond acceptors (Lipinski definition) is 5.